The van der Waals surface area contributed by atoms with Gasteiger partial charge in [0, 0.05) is 18.7 Å². The maximum Gasteiger partial charge on any atom is 0.311 e. The predicted molar refractivity (Wildman–Crippen MR) is 67.4 cm³/mol. The minimum absolute atomic E-state index is 0.163. The van der Waals surface area contributed by atoms with Crippen molar-refractivity contribution in [2.24, 2.45) is 5.41 Å². The van der Waals surface area contributed by atoms with Crippen LogP contribution in [0.3, 0.4) is 0 Å². The second kappa shape index (κ2) is 4.64. The molecule has 1 aromatic carbocycles. The van der Waals surface area contributed by atoms with E-state index in [1.807, 2.05) is 0 Å². The molecule has 0 unspecified atom stereocenters. The van der Waals surface area contributed by atoms with Crippen LogP contribution in [0, 0.1) is 18.2 Å². The van der Waals surface area contributed by atoms with E-state index in [2.05, 4.69) is 0 Å². The average molecular weight is 265 g/mol. The van der Waals surface area contributed by atoms with Gasteiger partial charge in [-0.3, -0.25) is 9.59 Å². The molecule has 0 aliphatic carbocycles. The number of carbonyl (C=O) groups is 2. The standard InChI is InChI=1S/C14H16FNO3/c1-9-3-4-10(7-11(9)15)12(17)16-6-5-14(2,8-16)13(18)19/h3-4,7H,5-6,8H2,1-2H3,(H,18,19)/t14-/m1/s1. The highest BCUT2D eigenvalue weighted by Gasteiger charge is 2.42. The van der Waals surface area contributed by atoms with E-state index < -0.39 is 17.2 Å². The molecule has 1 aliphatic rings. The van der Waals surface area contributed by atoms with Gasteiger partial charge < -0.3 is 10.0 Å². The van der Waals surface area contributed by atoms with Crippen molar-refractivity contribution >= 4 is 11.9 Å². The van der Waals surface area contributed by atoms with Gasteiger partial charge in [-0.25, -0.2) is 4.39 Å². The van der Waals surface area contributed by atoms with Gasteiger partial charge in [0.05, 0.1) is 5.41 Å². The van der Waals surface area contributed by atoms with Crippen molar-refractivity contribution in [1.82, 2.24) is 4.90 Å². The molecule has 2 rings (SSSR count). The topological polar surface area (TPSA) is 57.6 Å². The van der Waals surface area contributed by atoms with E-state index in [1.165, 1.54) is 11.0 Å². The highest BCUT2D eigenvalue weighted by atomic mass is 19.1. The second-order valence-electron chi connectivity index (χ2n) is 5.31. The van der Waals surface area contributed by atoms with E-state index >= 15 is 0 Å². The summed E-state index contributed by atoms with van der Waals surface area (Å²) in [5, 5.41) is 9.13. The van der Waals surface area contributed by atoms with Gasteiger partial charge in [-0.15, -0.1) is 0 Å². The lowest BCUT2D eigenvalue weighted by Crippen LogP contribution is -2.34. The van der Waals surface area contributed by atoms with Crippen LogP contribution in [0.1, 0.15) is 29.3 Å². The Balaban J connectivity index is 2.18. The van der Waals surface area contributed by atoms with E-state index in [0.717, 1.165) is 0 Å². The number of carboxylic acid groups (broad SMARTS) is 1. The monoisotopic (exact) mass is 265 g/mol. The maximum absolute atomic E-state index is 13.4. The number of amides is 1. The number of benzene rings is 1. The van der Waals surface area contributed by atoms with E-state index in [4.69, 9.17) is 5.11 Å². The summed E-state index contributed by atoms with van der Waals surface area (Å²) < 4.78 is 13.4. The summed E-state index contributed by atoms with van der Waals surface area (Å²) in [7, 11) is 0. The van der Waals surface area contributed by atoms with Crippen LogP contribution in [-0.2, 0) is 4.79 Å². The number of carbonyl (C=O) groups excluding carboxylic acids is 1. The lowest BCUT2D eigenvalue weighted by atomic mass is 9.90. The van der Waals surface area contributed by atoms with E-state index in [1.54, 1.807) is 26.0 Å². The third-order valence-electron chi connectivity index (χ3n) is 3.70. The Labute approximate surface area is 110 Å². The molecule has 1 atom stereocenters. The first-order chi connectivity index (χ1) is 8.83. The summed E-state index contributed by atoms with van der Waals surface area (Å²) in [5.41, 5.74) is -0.162. The van der Waals surface area contributed by atoms with Crippen LogP contribution < -0.4 is 0 Å². The van der Waals surface area contributed by atoms with Crippen molar-refractivity contribution < 1.29 is 19.1 Å². The van der Waals surface area contributed by atoms with Crippen LogP contribution in [0.25, 0.3) is 0 Å². The minimum Gasteiger partial charge on any atom is -0.481 e. The zero-order valence-corrected chi connectivity index (χ0v) is 10.9. The van der Waals surface area contributed by atoms with Crippen molar-refractivity contribution in [3.63, 3.8) is 0 Å². The van der Waals surface area contributed by atoms with Crippen molar-refractivity contribution in [2.75, 3.05) is 13.1 Å². The van der Waals surface area contributed by atoms with Crippen LogP contribution in [0.2, 0.25) is 0 Å². The van der Waals surface area contributed by atoms with Crippen LogP contribution in [-0.4, -0.2) is 35.0 Å². The van der Waals surface area contributed by atoms with Gasteiger partial charge in [0.25, 0.3) is 5.91 Å². The zero-order chi connectivity index (χ0) is 14.2. The fourth-order valence-corrected chi connectivity index (χ4v) is 2.22. The largest absolute Gasteiger partial charge is 0.481 e. The van der Waals surface area contributed by atoms with Crippen LogP contribution in [0.4, 0.5) is 4.39 Å². The molecule has 19 heavy (non-hydrogen) atoms. The molecule has 102 valence electrons. The molecular weight excluding hydrogens is 249 g/mol. The Morgan fingerprint density at radius 1 is 1.42 bits per heavy atom. The molecule has 1 N–H and O–H groups in total. The van der Waals surface area contributed by atoms with Crippen molar-refractivity contribution in [1.29, 1.82) is 0 Å². The van der Waals surface area contributed by atoms with Gasteiger partial charge in [0.1, 0.15) is 5.82 Å². The first-order valence-electron chi connectivity index (χ1n) is 6.12. The molecule has 1 amide bonds. The number of aliphatic carboxylic acids is 1. The fraction of sp³-hybridized carbons (Fsp3) is 0.429. The summed E-state index contributed by atoms with van der Waals surface area (Å²) >= 11 is 0. The molecule has 5 heteroatoms. The summed E-state index contributed by atoms with van der Waals surface area (Å²) in [6.45, 7) is 3.80. The van der Waals surface area contributed by atoms with Gasteiger partial charge in [-0.2, -0.15) is 0 Å². The molecule has 1 saturated heterocycles. The SMILES string of the molecule is Cc1ccc(C(=O)N2CC[C@@](C)(C(=O)O)C2)cc1F. The lowest BCUT2D eigenvalue weighted by molar-refractivity contribution is -0.147. The molecule has 1 heterocycles. The average Bonchev–Trinajstić information content (AvgIpc) is 2.76. The quantitative estimate of drug-likeness (QED) is 0.890. The van der Waals surface area contributed by atoms with E-state index in [0.29, 0.717) is 18.5 Å². The van der Waals surface area contributed by atoms with Crippen molar-refractivity contribution in [2.45, 2.75) is 20.3 Å². The molecule has 1 aliphatic heterocycles. The summed E-state index contributed by atoms with van der Waals surface area (Å²) in [6.07, 6.45) is 0.419. The minimum atomic E-state index is -0.905. The van der Waals surface area contributed by atoms with Gasteiger partial charge >= 0.3 is 5.97 Å². The Hall–Kier alpha value is -1.91. The molecular formula is C14H16FNO3. The van der Waals surface area contributed by atoms with Crippen LogP contribution in [0.5, 0.6) is 0 Å². The van der Waals surface area contributed by atoms with E-state index in [9.17, 15) is 14.0 Å². The number of nitrogens with zero attached hydrogens (tertiary/aromatic N) is 1. The highest BCUT2D eigenvalue weighted by Crippen LogP contribution is 2.31. The molecule has 0 saturated carbocycles. The maximum atomic E-state index is 13.4. The van der Waals surface area contributed by atoms with Crippen LogP contribution in [0.15, 0.2) is 18.2 Å². The highest BCUT2D eigenvalue weighted by molar-refractivity contribution is 5.95. The van der Waals surface area contributed by atoms with Gasteiger partial charge in [-0.1, -0.05) is 6.07 Å². The van der Waals surface area contributed by atoms with Crippen molar-refractivity contribution in [3.05, 3.63) is 35.1 Å². The Kier molecular flexibility index (Phi) is 3.30. The van der Waals surface area contributed by atoms with E-state index in [-0.39, 0.29) is 18.0 Å². The first kappa shape index (κ1) is 13.5. The summed E-state index contributed by atoms with van der Waals surface area (Å²) in [6, 6.07) is 4.32. The van der Waals surface area contributed by atoms with Gasteiger partial charge in [-0.05, 0) is 38.0 Å². The number of hydrogen-bond donors (Lipinski definition) is 1. The number of aryl methyl sites for hydroxylation is 1. The third-order valence-corrected chi connectivity index (χ3v) is 3.70. The predicted octanol–water partition coefficient (Wildman–Crippen LogP) is 2.07. The van der Waals surface area contributed by atoms with Gasteiger partial charge in [0.2, 0.25) is 0 Å². The smallest absolute Gasteiger partial charge is 0.311 e. The number of rotatable bonds is 2. The number of carboxylic acids is 1. The molecule has 1 fully saturated rings. The number of likely N-dealkylation sites (tertiary alicyclic amines) is 1. The normalized spacial score (nSPS) is 22.6. The molecule has 0 spiro atoms. The molecule has 0 radical (unpaired) electrons. The molecule has 4 nitrogen and oxygen atoms in total. The molecule has 0 aromatic heterocycles. The Bertz CT molecular complexity index is 543. The zero-order valence-electron chi connectivity index (χ0n) is 10.9. The third kappa shape index (κ3) is 2.45. The lowest BCUT2D eigenvalue weighted by Gasteiger charge is -2.20. The summed E-state index contributed by atoms with van der Waals surface area (Å²) in [5.74, 6) is -1.65. The number of halogens is 1. The molecule has 0 bridgehead atoms. The second-order valence-corrected chi connectivity index (χ2v) is 5.31. The first-order valence-corrected chi connectivity index (χ1v) is 6.12. The fourth-order valence-electron chi connectivity index (χ4n) is 2.22. The molecule has 1 aromatic rings. The van der Waals surface area contributed by atoms with Crippen molar-refractivity contribution in [3.8, 4) is 0 Å². The Morgan fingerprint density at radius 3 is 2.63 bits per heavy atom. The van der Waals surface area contributed by atoms with Crippen LogP contribution >= 0.6 is 0 Å². The van der Waals surface area contributed by atoms with Gasteiger partial charge in [0.15, 0.2) is 0 Å². The number of hydrogen-bond acceptors (Lipinski definition) is 2. The summed E-state index contributed by atoms with van der Waals surface area (Å²) in [4.78, 5) is 24.8. The Morgan fingerprint density at radius 2 is 2.11 bits per heavy atom.